The normalized spacial score (nSPS) is 17.5. The maximum absolute atomic E-state index is 14.0. The summed E-state index contributed by atoms with van der Waals surface area (Å²) in [7, 11) is 3.66. The highest BCUT2D eigenvalue weighted by Crippen LogP contribution is 2.47. The van der Waals surface area contributed by atoms with Crippen LogP contribution < -0.4 is 9.64 Å². The summed E-state index contributed by atoms with van der Waals surface area (Å²) in [5.41, 5.74) is 4.06. The van der Waals surface area contributed by atoms with Crippen molar-refractivity contribution in [1.29, 1.82) is 0 Å². The third-order valence-corrected chi connectivity index (χ3v) is 7.54. The van der Waals surface area contributed by atoms with Crippen molar-refractivity contribution in [3.63, 3.8) is 0 Å². The van der Waals surface area contributed by atoms with E-state index in [0.717, 1.165) is 34.0 Å². The number of carbonyl (C=O) groups excluding carboxylic acids is 2. The van der Waals surface area contributed by atoms with E-state index in [1.807, 2.05) is 68.6 Å². The molecule has 0 spiro atoms. The minimum atomic E-state index is -0.951. The number of rotatable bonds is 8. The van der Waals surface area contributed by atoms with Crippen LogP contribution in [-0.2, 0) is 20.9 Å². The lowest BCUT2D eigenvalue weighted by atomic mass is 10.1. The molecule has 2 unspecified atom stereocenters. The quantitative estimate of drug-likeness (QED) is 0.391. The number of thioether (sulfide) groups is 1. The van der Waals surface area contributed by atoms with Gasteiger partial charge in [-0.2, -0.15) is 0 Å². The molecule has 6 nitrogen and oxygen atoms in total. The molecule has 2 atom stereocenters. The number of likely N-dealkylation sites (N-methyl/N-ethyl adjacent to an activating group) is 1. The van der Waals surface area contributed by atoms with Crippen molar-refractivity contribution in [2.75, 3.05) is 32.1 Å². The number of carbonyl (C=O) groups is 2. The van der Waals surface area contributed by atoms with E-state index in [2.05, 4.69) is 23.1 Å². The van der Waals surface area contributed by atoms with Crippen LogP contribution in [0.25, 0.3) is 0 Å². The van der Waals surface area contributed by atoms with E-state index in [9.17, 15) is 9.59 Å². The number of hydrogen-bond donors (Lipinski definition) is 0. The van der Waals surface area contributed by atoms with Gasteiger partial charge in [-0.3, -0.25) is 9.59 Å². The van der Waals surface area contributed by atoms with Crippen LogP contribution in [0, 0.1) is 6.92 Å². The van der Waals surface area contributed by atoms with Crippen molar-refractivity contribution in [3.8, 4) is 5.75 Å². The second kappa shape index (κ2) is 11.6. The van der Waals surface area contributed by atoms with Gasteiger partial charge in [0.05, 0.1) is 18.0 Å². The zero-order valence-corrected chi connectivity index (χ0v) is 22.0. The van der Waals surface area contributed by atoms with Crippen LogP contribution in [0.1, 0.15) is 28.9 Å². The van der Waals surface area contributed by atoms with Crippen molar-refractivity contribution in [2.24, 2.45) is 0 Å². The third-order valence-electron chi connectivity index (χ3n) is 6.18. The van der Waals surface area contributed by atoms with E-state index in [-0.39, 0.29) is 11.2 Å². The van der Waals surface area contributed by atoms with Gasteiger partial charge in [-0.25, -0.2) is 0 Å². The Morgan fingerprint density at radius 2 is 1.78 bits per heavy atom. The Hall–Kier alpha value is -3.29. The highest BCUT2D eigenvalue weighted by atomic mass is 32.2. The molecular formula is C29H32N2O4S. The molecule has 0 saturated carbocycles. The molecule has 0 saturated heterocycles. The van der Waals surface area contributed by atoms with E-state index < -0.39 is 12.1 Å². The van der Waals surface area contributed by atoms with Crippen LogP contribution in [0.4, 0.5) is 5.69 Å². The monoisotopic (exact) mass is 504 g/mol. The van der Waals surface area contributed by atoms with Gasteiger partial charge < -0.3 is 19.3 Å². The lowest BCUT2D eigenvalue weighted by Crippen LogP contribution is -2.45. The van der Waals surface area contributed by atoms with Crippen LogP contribution in [0.2, 0.25) is 0 Å². The average Bonchev–Trinajstić information content (AvgIpc) is 2.97. The molecule has 188 valence electrons. The van der Waals surface area contributed by atoms with Gasteiger partial charge >= 0.3 is 5.97 Å². The molecule has 3 aromatic rings. The van der Waals surface area contributed by atoms with Gasteiger partial charge in [0.25, 0.3) is 5.91 Å². The van der Waals surface area contributed by atoms with E-state index in [4.69, 9.17) is 9.47 Å². The first-order valence-corrected chi connectivity index (χ1v) is 12.9. The number of amides is 1. The second-order valence-corrected chi connectivity index (χ2v) is 10.2. The first-order valence-electron chi connectivity index (χ1n) is 12.0. The van der Waals surface area contributed by atoms with Crippen molar-refractivity contribution < 1.29 is 19.1 Å². The molecular weight excluding hydrogens is 472 g/mol. The Labute approximate surface area is 217 Å². The van der Waals surface area contributed by atoms with E-state index in [0.29, 0.717) is 13.1 Å². The van der Waals surface area contributed by atoms with Crippen LogP contribution in [0.3, 0.4) is 0 Å². The molecule has 0 aromatic heterocycles. The predicted octanol–water partition coefficient (Wildman–Crippen LogP) is 5.25. The summed E-state index contributed by atoms with van der Waals surface area (Å²) in [5, 5.41) is -0.389. The fraction of sp³-hybridized carbons (Fsp3) is 0.310. The van der Waals surface area contributed by atoms with Crippen LogP contribution in [-0.4, -0.2) is 50.1 Å². The van der Waals surface area contributed by atoms with E-state index in [1.54, 1.807) is 23.8 Å². The topological polar surface area (TPSA) is 59.1 Å². The smallest absolute Gasteiger partial charge is 0.303 e. The zero-order valence-electron chi connectivity index (χ0n) is 21.1. The number of hydrogen-bond acceptors (Lipinski definition) is 6. The van der Waals surface area contributed by atoms with Crippen LogP contribution in [0.15, 0.2) is 77.7 Å². The van der Waals surface area contributed by atoms with Crippen molar-refractivity contribution in [3.05, 3.63) is 89.5 Å². The minimum absolute atomic E-state index is 0.214. The maximum Gasteiger partial charge on any atom is 0.303 e. The molecule has 0 aliphatic carbocycles. The fourth-order valence-corrected chi connectivity index (χ4v) is 5.76. The Morgan fingerprint density at radius 1 is 1.06 bits per heavy atom. The lowest BCUT2D eigenvalue weighted by Gasteiger charge is -2.29. The number of ether oxygens (including phenoxy) is 2. The zero-order chi connectivity index (χ0) is 25.7. The number of fused-ring (bicyclic) bond motifs is 1. The second-order valence-electron chi connectivity index (χ2n) is 9.03. The highest BCUT2D eigenvalue weighted by molar-refractivity contribution is 7.99. The van der Waals surface area contributed by atoms with Crippen molar-refractivity contribution >= 4 is 29.3 Å². The van der Waals surface area contributed by atoms with Crippen molar-refractivity contribution in [2.45, 2.75) is 36.6 Å². The summed E-state index contributed by atoms with van der Waals surface area (Å²) in [5.74, 6) is 0.0389. The molecule has 0 fully saturated rings. The highest BCUT2D eigenvalue weighted by Gasteiger charge is 2.40. The van der Waals surface area contributed by atoms with Gasteiger partial charge in [-0.1, -0.05) is 48.5 Å². The summed E-state index contributed by atoms with van der Waals surface area (Å²) in [6, 6.07) is 23.9. The van der Waals surface area contributed by atoms with Gasteiger partial charge in [-0.05, 0) is 54.9 Å². The fourth-order valence-electron chi connectivity index (χ4n) is 4.34. The number of benzene rings is 3. The van der Waals surface area contributed by atoms with Gasteiger partial charge in [0.2, 0.25) is 0 Å². The average molecular weight is 505 g/mol. The molecule has 3 aromatic carbocycles. The van der Waals surface area contributed by atoms with Gasteiger partial charge in [0.15, 0.2) is 6.10 Å². The largest absolute Gasteiger partial charge is 0.497 e. The van der Waals surface area contributed by atoms with E-state index in [1.165, 1.54) is 12.5 Å². The summed E-state index contributed by atoms with van der Waals surface area (Å²) in [6.07, 6.45) is -0.951. The molecule has 0 bridgehead atoms. The Morgan fingerprint density at radius 3 is 2.44 bits per heavy atom. The molecule has 1 amide bonds. The van der Waals surface area contributed by atoms with Crippen LogP contribution in [0.5, 0.6) is 5.75 Å². The Balaban J connectivity index is 1.66. The molecule has 1 aliphatic rings. The van der Waals surface area contributed by atoms with Crippen LogP contribution >= 0.6 is 11.8 Å². The van der Waals surface area contributed by atoms with Gasteiger partial charge in [-0.15, -0.1) is 11.8 Å². The molecule has 0 N–H and O–H groups in total. The Bertz CT molecular complexity index is 1200. The van der Waals surface area contributed by atoms with Crippen molar-refractivity contribution in [1.82, 2.24) is 4.90 Å². The predicted molar refractivity (Wildman–Crippen MR) is 143 cm³/mol. The standard InChI is InChI=1S/C29H32N2O4S/c1-20-10-15-25-26(18-20)36-28(23-11-13-24(34-4)14-12-23)27(35-21(2)32)29(33)31(25)17-16-30(3)19-22-8-6-5-7-9-22/h5-15,18,27-28H,16-17,19H2,1-4H3. The SMILES string of the molecule is COc1ccc(C2Sc3cc(C)ccc3N(CCN(C)Cc3ccccc3)C(=O)C2OC(C)=O)cc1. The number of anilines is 1. The number of nitrogens with zero attached hydrogens (tertiary/aromatic N) is 2. The number of aryl methyl sites for hydroxylation is 1. The number of methoxy groups -OCH3 is 1. The summed E-state index contributed by atoms with van der Waals surface area (Å²) < 4.78 is 11.0. The summed E-state index contributed by atoms with van der Waals surface area (Å²) in [4.78, 5) is 31.1. The first kappa shape index (κ1) is 25.8. The molecule has 4 rings (SSSR count). The van der Waals surface area contributed by atoms with Gasteiger partial charge in [0.1, 0.15) is 5.75 Å². The first-order chi connectivity index (χ1) is 17.4. The Kier molecular flexibility index (Phi) is 8.33. The summed E-state index contributed by atoms with van der Waals surface area (Å²) in [6.45, 7) is 5.31. The van der Waals surface area contributed by atoms with Gasteiger partial charge in [0, 0.05) is 31.5 Å². The molecule has 1 heterocycles. The molecule has 0 radical (unpaired) electrons. The van der Waals surface area contributed by atoms with E-state index >= 15 is 0 Å². The summed E-state index contributed by atoms with van der Waals surface area (Å²) >= 11 is 1.56. The third kappa shape index (κ3) is 6.09. The molecule has 1 aliphatic heterocycles. The maximum atomic E-state index is 14.0. The lowest BCUT2D eigenvalue weighted by molar-refractivity contribution is -0.152. The molecule has 36 heavy (non-hydrogen) atoms. The minimum Gasteiger partial charge on any atom is -0.497 e. The molecule has 7 heteroatoms. The number of esters is 1.